The van der Waals surface area contributed by atoms with Gasteiger partial charge in [0, 0.05) is 60.7 Å². The molecule has 1 aliphatic heterocycles. The fraction of sp³-hybridized carbons (Fsp3) is 0.597. The van der Waals surface area contributed by atoms with E-state index in [2.05, 4.69) is 30.6 Å². The Balaban J connectivity index is 1.49. The minimum absolute atomic E-state index is 0.0494. The standard InChI is InChI=1S/C67H96ClN12O12/c1-43(2)50(26-15-13-24-45-20-9-7-10-21-45)60(85)80(67(40-81,35-49-38-73-42-75-49)64(89)92-66(4,5)6)63(88)57(44(3)56(82)36-70)77-59(84)55(28-17-18-32-69)79(65(90)91-39-47-25-14-16-27-51(47)68)62(87)53(31-30-46-22-11-8-12-23-46)76-58(83)54-29-19-33-78(54)61(86)52(71)34-48-37-72-41-74-48/h8,11-12,14,16,22-23,25,27,37-38,41-45,50,52-57,82H,7,9-10,13,15,17-21,24,26,28-36,39,69-71H2,1-6H3,(H,72,74)(H,73,75)(H,76,83)(H,77,84)/t44-,50?,52-,53-,54-,55-,56+,57-,67-/m0/s1. The number of aromatic amines is 2. The minimum Gasteiger partial charge on any atom is -0.458 e. The van der Waals surface area contributed by atoms with Crippen molar-refractivity contribution in [2.75, 3.05) is 19.6 Å². The number of hydrogen-bond donors (Lipinski definition) is 8. The number of imidazole rings is 2. The van der Waals surface area contributed by atoms with E-state index in [4.69, 9.17) is 38.3 Å². The number of nitrogens with zero attached hydrogens (tertiary/aromatic N) is 5. The van der Waals surface area contributed by atoms with Crippen LogP contribution in [0, 0.1) is 23.7 Å². The molecule has 0 spiro atoms. The number of halogens is 1. The third-order valence-electron chi connectivity index (χ3n) is 17.5. The summed E-state index contributed by atoms with van der Waals surface area (Å²) in [4.78, 5) is 154. The lowest BCUT2D eigenvalue weighted by Gasteiger charge is -2.42. The van der Waals surface area contributed by atoms with Gasteiger partial charge in [0.1, 0.15) is 36.4 Å². The van der Waals surface area contributed by atoms with Crippen LogP contribution in [0.3, 0.4) is 0 Å². The van der Waals surface area contributed by atoms with E-state index in [1.54, 1.807) is 80.9 Å². The predicted octanol–water partition coefficient (Wildman–Crippen LogP) is 6.07. The highest BCUT2D eigenvalue weighted by atomic mass is 35.5. The number of ether oxygens (including phenoxy) is 2. The Morgan fingerprint density at radius 3 is 2.10 bits per heavy atom. The van der Waals surface area contributed by atoms with Crippen LogP contribution in [-0.4, -0.2) is 161 Å². The molecule has 2 aliphatic rings. The van der Waals surface area contributed by atoms with Crippen molar-refractivity contribution in [1.29, 1.82) is 0 Å². The number of nitrogens with one attached hydrogen (secondary N) is 4. The third-order valence-corrected chi connectivity index (χ3v) is 17.9. The van der Waals surface area contributed by atoms with Crippen LogP contribution in [0.25, 0.3) is 0 Å². The van der Waals surface area contributed by atoms with Crippen molar-refractivity contribution in [2.45, 2.75) is 211 Å². The summed E-state index contributed by atoms with van der Waals surface area (Å²) in [5, 5.41) is 17.5. The van der Waals surface area contributed by atoms with Gasteiger partial charge in [0.15, 0.2) is 0 Å². The van der Waals surface area contributed by atoms with E-state index in [0.717, 1.165) is 44.1 Å². The number of likely N-dealkylation sites (tertiary alicyclic amines) is 1. The molecular weight excluding hydrogens is 1200 g/mol. The number of carbonyl (C=O) groups excluding carboxylic acids is 9. The second-order valence-corrected chi connectivity index (χ2v) is 26.2. The molecule has 6 rings (SSSR count). The number of nitrogens with two attached hydrogens (primary N) is 3. The zero-order valence-electron chi connectivity index (χ0n) is 54.1. The van der Waals surface area contributed by atoms with Gasteiger partial charge in [-0.1, -0.05) is 132 Å². The molecule has 1 radical (unpaired) electrons. The quantitative estimate of drug-likeness (QED) is 0.0149. The summed E-state index contributed by atoms with van der Waals surface area (Å²) in [6.45, 7) is 8.78. The molecule has 0 bridgehead atoms. The first kappa shape index (κ1) is 73.7. The van der Waals surface area contributed by atoms with Gasteiger partial charge in [0.05, 0.1) is 36.2 Å². The molecule has 7 amide bonds. The highest BCUT2D eigenvalue weighted by molar-refractivity contribution is 6.31. The lowest BCUT2D eigenvalue weighted by Crippen LogP contribution is -2.69. The first-order valence-corrected chi connectivity index (χ1v) is 32.8. The Morgan fingerprint density at radius 2 is 1.48 bits per heavy atom. The summed E-state index contributed by atoms with van der Waals surface area (Å²) in [6, 6.07) is 7.62. The molecule has 11 N–H and O–H groups in total. The molecule has 9 atom stereocenters. The number of aliphatic hydroxyl groups excluding tert-OH is 1. The highest BCUT2D eigenvalue weighted by Gasteiger charge is 2.57. The van der Waals surface area contributed by atoms with Crippen LogP contribution >= 0.6 is 11.6 Å². The van der Waals surface area contributed by atoms with Gasteiger partial charge in [0.2, 0.25) is 35.5 Å². The molecular formula is C67H96ClN12O12. The topological polar surface area (TPSA) is 362 Å². The molecule has 2 fully saturated rings. The Hall–Kier alpha value is -7.38. The molecule has 503 valence electrons. The molecule has 25 heteroatoms. The van der Waals surface area contributed by atoms with Crippen LogP contribution in [0.1, 0.15) is 160 Å². The maximum absolute atomic E-state index is 16.4. The van der Waals surface area contributed by atoms with Gasteiger partial charge in [-0.2, -0.15) is 0 Å². The number of esters is 1. The number of H-pyrrole nitrogens is 2. The van der Waals surface area contributed by atoms with Gasteiger partial charge in [0.25, 0.3) is 11.8 Å². The number of amides is 7. The van der Waals surface area contributed by atoms with Crippen molar-refractivity contribution in [1.82, 2.24) is 45.3 Å². The van der Waals surface area contributed by atoms with E-state index in [-0.39, 0.29) is 75.2 Å². The highest BCUT2D eigenvalue weighted by Crippen LogP contribution is 2.34. The molecule has 1 unspecified atom stereocenters. The molecule has 92 heavy (non-hydrogen) atoms. The second kappa shape index (κ2) is 35.6. The maximum Gasteiger partial charge on any atom is 0.417 e. The van der Waals surface area contributed by atoms with Crippen molar-refractivity contribution in [3.05, 3.63) is 107 Å². The average molecular weight is 1300 g/mol. The van der Waals surface area contributed by atoms with Crippen molar-refractivity contribution in [2.24, 2.45) is 40.9 Å². The molecule has 2 aromatic heterocycles. The van der Waals surface area contributed by atoms with E-state index in [1.165, 1.54) is 57.9 Å². The molecule has 4 aromatic rings. The number of carbonyl (C=O) groups is 8. The number of imide groups is 2. The van der Waals surface area contributed by atoms with Crippen molar-refractivity contribution >= 4 is 65.4 Å². The smallest absolute Gasteiger partial charge is 0.417 e. The van der Waals surface area contributed by atoms with Crippen LogP contribution in [0.15, 0.2) is 79.6 Å². The zero-order valence-corrected chi connectivity index (χ0v) is 54.9. The first-order chi connectivity index (χ1) is 43.9. The molecule has 3 heterocycles. The van der Waals surface area contributed by atoms with E-state index >= 15 is 28.8 Å². The van der Waals surface area contributed by atoms with Gasteiger partial charge in [-0.3, -0.25) is 38.5 Å². The SMILES string of the molecule is CC(C)C(CCCCC1CCCCC1)C(=O)N(C(=O)[C@@H](NC(=O)[C@H](CCCCN)N(C(=O)OCc1ccccc1Cl)C(=O)[C@H](CCc1ccccc1)NC(=O)[C@@H]1CCCN1C(=O)[C@@H](N)Cc1c[nH]cn1)[C@@H](C)[C@H](O)CN)[C@]([C]=O)(Cc1c[nH]cn1)C(=O)OC(C)(C)C. The average Bonchev–Trinajstić information content (AvgIpc) is 0.760. The third kappa shape index (κ3) is 20.3. The van der Waals surface area contributed by atoms with Crippen molar-refractivity contribution in [3.63, 3.8) is 0 Å². The number of hydrogen-bond acceptors (Lipinski definition) is 17. The van der Waals surface area contributed by atoms with Crippen LogP contribution in [0.5, 0.6) is 0 Å². The number of aryl methyl sites for hydroxylation is 1. The number of aliphatic hydroxyl groups is 1. The van der Waals surface area contributed by atoms with E-state index < -0.39 is 132 Å². The number of unbranched alkanes of at least 4 members (excludes halogenated alkanes) is 2. The molecule has 1 aliphatic carbocycles. The monoisotopic (exact) mass is 1300 g/mol. The molecule has 2 aromatic carbocycles. The lowest BCUT2D eigenvalue weighted by atomic mass is 9.82. The Labute approximate surface area is 545 Å². The van der Waals surface area contributed by atoms with Crippen LogP contribution in [-0.2, 0) is 73.7 Å². The summed E-state index contributed by atoms with van der Waals surface area (Å²) >= 11 is 6.55. The largest absolute Gasteiger partial charge is 0.458 e. The number of rotatable bonds is 34. The van der Waals surface area contributed by atoms with Gasteiger partial charge in [-0.05, 0) is 102 Å². The summed E-state index contributed by atoms with van der Waals surface area (Å²) in [7, 11) is 0. The summed E-state index contributed by atoms with van der Waals surface area (Å²) in [5.41, 5.74) is 16.0. The Bertz CT molecular complexity index is 3030. The molecule has 24 nitrogen and oxygen atoms in total. The van der Waals surface area contributed by atoms with Gasteiger partial charge >= 0.3 is 12.1 Å². The first-order valence-electron chi connectivity index (χ1n) is 32.4. The molecule has 1 saturated heterocycles. The van der Waals surface area contributed by atoms with Gasteiger partial charge in [-0.25, -0.2) is 24.5 Å². The minimum atomic E-state index is -2.93. The van der Waals surface area contributed by atoms with E-state index in [9.17, 15) is 19.5 Å². The second-order valence-electron chi connectivity index (χ2n) is 25.8. The van der Waals surface area contributed by atoms with Crippen LogP contribution in [0.4, 0.5) is 4.79 Å². The van der Waals surface area contributed by atoms with Crippen molar-refractivity contribution < 1.29 is 57.7 Å². The Morgan fingerprint density at radius 1 is 0.815 bits per heavy atom. The lowest BCUT2D eigenvalue weighted by molar-refractivity contribution is -0.176. The maximum atomic E-state index is 16.4. The fourth-order valence-electron chi connectivity index (χ4n) is 12.2. The predicted molar refractivity (Wildman–Crippen MR) is 345 cm³/mol. The van der Waals surface area contributed by atoms with E-state index in [1.807, 2.05) is 0 Å². The van der Waals surface area contributed by atoms with Gasteiger partial charge < -0.3 is 57.3 Å². The Kier molecular flexibility index (Phi) is 28.5. The molecule has 1 saturated carbocycles. The summed E-state index contributed by atoms with van der Waals surface area (Å²) in [6.07, 6.45) is 12.5. The summed E-state index contributed by atoms with van der Waals surface area (Å²) < 4.78 is 11.8. The normalized spacial score (nSPS) is 17.4. The summed E-state index contributed by atoms with van der Waals surface area (Å²) in [5.74, 6) is -9.71. The zero-order chi connectivity index (χ0) is 67.1. The number of benzene rings is 2. The van der Waals surface area contributed by atoms with E-state index in [0.29, 0.717) is 39.8 Å². The van der Waals surface area contributed by atoms with Crippen LogP contribution in [0.2, 0.25) is 5.02 Å². The number of aromatic nitrogens is 4. The van der Waals surface area contributed by atoms with Crippen molar-refractivity contribution in [3.8, 4) is 0 Å². The van der Waals surface area contributed by atoms with Gasteiger partial charge in [-0.15, -0.1) is 0 Å². The van der Waals surface area contributed by atoms with Crippen LogP contribution < -0.4 is 27.8 Å². The fourth-order valence-corrected chi connectivity index (χ4v) is 12.4.